The maximum absolute atomic E-state index is 13.2. The van der Waals surface area contributed by atoms with Crippen molar-refractivity contribution in [1.82, 2.24) is 5.32 Å². The number of amides is 1. The predicted molar refractivity (Wildman–Crippen MR) is 125 cm³/mol. The molecule has 4 nitrogen and oxygen atoms in total. The summed E-state index contributed by atoms with van der Waals surface area (Å²) in [5.41, 5.74) is -1.53. The predicted octanol–water partition coefficient (Wildman–Crippen LogP) is 7.31. The van der Waals surface area contributed by atoms with Crippen molar-refractivity contribution < 1.29 is 27.5 Å². The second kappa shape index (κ2) is 15.7. The Morgan fingerprint density at radius 3 is 1.91 bits per heavy atom. The van der Waals surface area contributed by atoms with Gasteiger partial charge >= 0.3 is 12.1 Å². The highest BCUT2D eigenvalue weighted by Crippen LogP contribution is 2.31. The van der Waals surface area contributed by atoms with Gasteiger partial charge in [0, 0.05) is 0 Å². The summed E-state index contributed by atoms with van der Waals surface area (Å²) >= 11 is 0. The highest BCUT2D eigenvalue weighted by Gasteiger charge is 2.36. The van der Waals surface area contributed by atoms with Gasteiger partial charge in [-0.3, -0.25) is 4.79 Å². The van der Waals surface area contributed by atoms with Crippen LogP contribution in [0.4, 0.5) is 13.2 Å². The maximum Gasteiger partial charge on any atom is 0.417 e. The van der Waals surface area contributed by atoms with Crippen LogP contribution < -0.4 is 5.32 Å². The first-order valence-electron chi connectivity index (χ1n) is 12.3. The first kappa shape index (κ1) is 29.0. The first-order valence-corrected chi connectivity index (χ1v) is 12.3. The zero-order valence-corrected chi connectivity index (χ0v) is 20.3. The van der Waals surface area contributed by atoms with E-state index >= 15 is 0 Å². The van der Waals surface area contributed by atoms with Crippen molar-refractivity contribution in [3.63, 3.8) is 0 Å². The lowest BCUT2D eigenvalue weighted by atomic mass is 10.0. The smallest absolute Gasteiger partial charge is 0.417 e. The summed E-state index contributed by atoms with van der Waals surface area (Å²) in [5, 5.41) is 2.42. The number of carbonyl (C=O) groups is 2. The van der Waals surface area contributed by atoms with E-state index in [-0.39, 0.29) is 12.5 Å². The lowest BCUT2D eigenvalue weighted by molar-refractivity contribution is -0.147. The SMILES string of the molecule is CCCCCCCCCCCCCOC(=O)C(NC(=O)c1ccccc1C(F)(F)F)C(C)C. The maximum atomic E-state index is 13.2. The molecule has 188 valence electrons. The molecule has 0 aliphatic rings. The number of carbonyl (C=O) groups excluding carboxylic acids is 2. The molecule has 1 rings (SSSR count). The topological polar surface area (TPSA) is 55.4 Å². The molecule has 1 amide bonds. The highest BCUT2D eigenvalue weighted by molar-refractivity contribution is 5.98. The second-order valence-electron chi connectivity index (χ2n) is 8.94. The van der Waals surface area contributed by atoms with Gasteiger partial charge in [-0.15, -0.1) is 0 Å². The van der Waals surface area contributed by atoms with E-state index in [2.05, 4.69) is 12.2 Å². The summed E-state index contributed by atoms with van der Waals surface area (Å²) in [6.07, 6.45) is 8.33. The largest absolute Gasteiger partial charge is 0.464 e. The van der Waals surface area contributed by atoms with Crippen LogP contribution in [0.1, 0.15) is 107 Å². The average Bonchev–Trinajstić information content (AvgIpc) is 2.77. The molecule has 33 heavy (non-hydrogen) atoms. The van der Waals surface area contributed by atoms with Crippen LogP contribution in [0, 0.1) is 5.92 Å². The van der Waals surface area contributed by atoms with Crippen molar-refractivity contribution in [2.24, 2.45) is 5.92 Å². The van der Waals surface area contributed by atoms with E-state index in [9.17, 15) is 22.8 Å². The summed E-state index contributed by atoms with van der Waals surface area (Å²) in [5.74, 6) is -1.87. The van der Waals surface area contributed by atoms with Gasteiger partial charge in [0.1, 0.15) is 6.04 Å². The van der Waals surface area contributed by atoms with Crippen LogP contribution in [0.3, 0.4) is 0 Å². The van der Waals surface area contributed by atoms with Gasteiger partial charge in [0.15, 0.2) is 0 Å². The molecule has 0 aromatic heterocycles. The Morgan fingerprint density at radius 2 is 1.39 bits per heavy atom. The van der Waals surface area contributed by atoms with E-state index in [0.717, 1.165) is 31.4 Å². The fraction of sp³-hybridized carbons (Fsp3) is 0.692. The Balaban J connectivity index is 2.36. The molecule has 1 N–H and O–H groups in total. The number of nitrogens with one attached hydrogen (secondary N) is 1. The van der Waals surface area contributed by atoms with Crippen LogP contribution in [0.2, 0.25) is 0 Å². The van der Waals surface area contributed by atoms with E-state index in [1.807, 2.05) is 0 Å². The third-order valence-electron chi connectivity index (χ3n) is 5.68. The zero-order chi connectivity index (χ0) is 24.7. The van der Waals surface area contributed by atoms with E-state index in [4.69, 9.17) is 4.74 Å². The molecule has 0 bridgehead atoms. The van der Waals surface area contributed by atoms with Gasteiger partial charge in [-0.2, -0.15) is 13.2 Å². The normalized spacial score (nSPS) is 12.6. The van der Waals surface area contributed by atoms with Gasteiger partial charge in [0.05, 0.1) is 17.7 Å². The average molecular weight is 472 g/mol. The van der Waals surface area contributed by atoms with Gasteiger partial charge in [-0.1, -0.05) is 97.1 Å². The molecule has 7 heteroatoms. The van der Waals surface area contributed by atoms with E-state index in [1.54, 1.807) is 13.8 Å². The van der Waals surface area contributed by atoms with Gasteiger partial charge < -0.3 is 10.1 Å². The molecule has 0 heterocycles. The van der Waals surface area contributed by atoms with Crippen molar-refractivity contribution in [2.75, 3.05) is 6.61 Å². The third kappa shape index (κ3) is 11.6. The summed E-state index contributed by atoms with van der Waals surface area (Å²) in [4.78, 5) is 24.9. The Bertz CT molecular complexity index is 704. The van der Waals surface area contributed by atoms with E-state index in [1.165, 1.54) is 63.5 Å². The molecule has 0 saturated carbocycles. The Hall–Kier alpha value is -2.05. The molecule has 1 unspecified atom stereocenters. The third-order valence-corrected chi connectivity index (χ3v) is 5.68. The van der Waals surface area contributed by atoms with Crippen LogP contribution in [0.25, 0.3) is 0 Å². The number of hydrogen-bond donors (Lipinski definition) is 1. The van der Waals surface area contributed by atoms with Crippen molar-refractivity contribution in [3.8, 4) is 0 Å². The Morgan fingerprint density at radius 1 is 0.879 bits per heavy atom. The molecule has 0 aliphatic heterocycles. The molecule has 1 aromatic rings. The van der Waals surface area contributed by atoms with Crippen LogP contribution in [-0.2, 0) is 15.7 Å². The first-order chi connectivity index (χ1) is 15.7. The minimum atomic E-state index is -4.66. The molecule has 0 saturated heterocycles. The Labute approximate surface area is 196 Å². The summed E-state index contributed by atoms with van der Waals surface area (Å²) in [6.45, 7) is 5.89. The van der Waals surface area contributed by atoms with Crippen molar-refractivity contribution in [3.05, 3.63) is 35.4 Å². The monoisotopic (exact) mass is 471 g/mol. The van der Waals surface area contributed by atoms with Crippen LogP contribution in [-0.4, -0.2) is 24.5 Å². The standard InChI is InChI=1S/C26H40F3NO3/c1-4-5-6-7-8-9-10-11-12-13-16-19-33-25(32)23(20(2)3)30-24(31)21-17-14-15-18-22(21)26(27,28)29/h14-15,17-18,20,23H,4-13,16,19H2,1-3H3,(H,30,31). The fourth-order valence-electron chi connectivity index (χ4n) is 3.67. The van der Waals surface area contributed by atoms with Crippen molar-refractivity contribution in [1.29, 1.82) is 0 Å². The number of halogens is 3. The van der Waals surface area contributed by atoms with Gasteiger partial charge in [0.25, 0.3) is 5.91 Å². The minimum Gasteiger partial charge on any atom is -0.464 e. The fourth-order valence-corrected chi connectivity index (χ4v) is 3.67. The highest BCUT2D eigenvalue weighted by atomic mass is 19.4. The van der Waals surface area contributed by atoms with Gasteiger partial charge in [-0.05, 0) is 24.5 Å². The quantitative estimate of drug-likeness (QED) is 0.203. The van der Waals surface area contributed by atoms with Gasteiger partial charge in [-0.25, -0.2) is 4.79 Å². The second-order valence-corrected chi connectivity index (χ2v) is 8.94. The molecule has 1 aromatic carbocycles. The molecule has 0 spiro atoms. The molecule has 0 radical (unpaired) electrons. The van der Waals surface area contributed by atoms with E-state index < -0.39 is 35.2 Å². The number of alkyl halides is 3. The minimum absolute atomic E-state index is 0.244. The number of ether oxygens (including phenoxy) is 1. The summed E-state index contributed by atoms with van der Waals surface area (Å²) in [6, 6.07) is 3.53. The molecule has 0 fully saturated rings. The van der Waals surface area contributed by atoms with E-state index in [0.29, 0.717) is 0 Å². The molecule has 1 atom stereocenters. The number of hydrogen-bond acceptors (Lipinski definition) is 3. The van der Waals surface area contributed by atoms with Crippen molar-refractivity contribution in [2.45, 2.75) is 104 Å². The number of rotatable bonds is 16. The van der Waals surface area contributed by atoms with Crippen LogP contribution in [0.5, 0.6) is 0 Å². The molecule has 0 aliphatic carbocycles. The number of esters is 1. The lowest BCUT2D eigenvalue weighted by Gasteiger charge is -2.22. The van der Waals surface area contributed by atoms with Crippen LogP contribution in [0.15, 0.2) is 24.3 Å². The van der Waals surface area contributed by atoms with Gasteiger partial charge in [0.2, 0.25) is 0 Å². The van der Waals surface area contributed by atoms with Crippen LogP contribution >= 0.6 is 0 Å². The summed E-state index contributed by atoms with van der Waals surface area (Å²) in [7, 11) is 0. The lowest BCUT2D eigenvalue weighted by Crippen LogP contribution is -2.45. The zero-order valence-electron chi connectivity index (χ0n) is 20.3. The van der Waals surface area contributed by atoms with Crippen molar-refractivity contribution >= 4 is 11.9 Å². The number of unbranched alkanes of at least 4 members (excludes halogenated alkanes) is 10. The number of benzene rings is 1. The molecular formula is C26H40F3NO3. The summed E-state index contributed by atoms with van der Waals surface area (Å²) < 4.78 is 44.9. The molecular weight excluding hydrogens is 431 g/mol. The Kier molecular flexibility index (Phi) is 13.8.